The molecule has 30 heavy (non-hydrogen) atoms. The minimum Gasteiger partial charge on any atom is -0.330 e. The first kappa shape index (κ1) is 23.9. The molecule has 2 aromatic rings. The molecule has 2 amide bonds. The van der Waals surface area contributed by atoms with Crippen LogP contribution in [-0.4, -0.2) is 37.9 Å². The first-order valence-corrected chi connectivity index (χ1v) is 11.7. The predicted octanol–water partition coefficient (Wildman–Crippen LogP) is 3.01. The summed E-state index contributed by atoms with van der Waals surface area (Å²) in [7, 11) is -3.33. The Kier molecular flexibility index (Phi) is 8.40. The number of anilines is 1. The van der Waals surface area contributed by atoms with E-state index in [2.05, 4.69) is 10.0 Å². The summed E-state index contributed by atoms with van der Waals surface area (Å²) in [6.07, 6.45) is 1.07. The second-order valence-corrected chi connectivity index (χ2v) is 9.72. The van der Waals surface area contributed by atoms with Gasteiger partial charge in [-0.2, -0.15) is 0 Å². The maximum Gasteiger partial charge on any atom is 0.313 e. The van der Waals surface area contributed by atoms with Crippen LogP contribution in [0.4, 0.5) is 5.69 Å². The van der Waals surface area contributed by atoms with Crippen LogP contribution in [-0.2, 0) is 32.7 Å². The normalized spacial score (nSPS) is 11.4. The van der Waals surface area contributed by atoms with Gasteiger partial charge in [-0.3, -0.25) is 9.59 Å². The van der Waals surface area contributed by atoms with Gasteiger partial charge in [-0.15, -0.1) is 0 Å². The van der Waals surface area contributed by atoms with Crippen LogP contribution in [0.15, 0.2) is 48.5 Å². The molecule has 0 aliphatic heterocycles. The summed E-state index contributed by atoms with van der Waals surface area (Å²) in [6.45, 7) is 4.75. The zero-order valence-corrected chi connectivity index (χ0v) is 18.8. The van der Waals surface area contributed by atoms with Crippen molar-refractivity contribution in [3.05, 3.63) is 64.7 Å². The lowest BCUT2D eigenvalue weighted by atomic mass is 10.1. The van der Waals surface area contributed by atoms with Crippen molar-refractivity contribution in [2.75, 3.05) is 18.1 Å². The average molecular weight is 452 g/mol. The van der Waals surface area contributed by atoms with Gasteiger partial charge in [-0.1, -0.05) is 49.7 Å². The van der Waals surface area contributed by atoms with Gasteiger partial charge < -0.3 is 10.2 Å². The molecular formula is C21H26ClN3O4S. The highest BCUT2D eigenvalue weighted by molar-refractivity contribution is 7.88. The van der Waals surface area contributed by atoms with E-state index in [4.69, 9.17) is 11.6 Å². The van der Waals surface area contributed by atoms with Gasteiger partial charge in [0.05, 0.1) is 6.26 Å². The molecule has 0 heterocycles. The second-order valence-electron chi connectivity index (χ2n) is 7.45. The summed E-state index contributed by atoms with van der Waals surface area (Å²) in [5, 5.41) is 3.20. The van der Waals surface area contributed by atoms with Crippen LogP contribution in [0.5, 0.6) is 0 Å². The number of rotatable bonds is 8. The van der Waals surface area contributed by atoms with Crippen LogP contribution < -0.4 is 10.0 Å². The fourth-order valence-electron chi connectivity index (χ4n) is 2.77. The molecular weight excluding hydrogens is 426 g/mol. The molecule has 0 bridgehead atoms. The van der Waals surface area contributed by atoms with E-state index in [-0.39, 0.29) is 12.5 Å². The molecule has 162 valence electrons. The summed E-state index contributed by atoms with van der Waals surface area (Å²) in [5.41, 5.74) is 1.94. The molecule has 0 radical (unpaired) electrons. The number of nitrogens with one attached hydrogen (secondary N) is 2. The molecule has 0 aromatic heterocycles. The largest absolute Gasteiger partial charge is 0.330 e. The fraction of sp³-hybridized carbons (Fsp3) is 0.333. The monoisotopic (exact) mass is 451 g/mol. The number of sulfonamides is 1. The van der Waals surface area contributed by atoms with Crippen molar-refractivity contribution >= 4 is 39.1 Å². The highest BCUT2D eigenvalue weighted by Gasteiger charge is 2.23. The number of carbonyl (C=O) groups is 2. The fourth-order valence-corrected chi connectivity index (χ4v) is 3.33. The number of nitrogens with zero attached hydrogens (tertiary/aromatic N) is 1. The summed E-state index contributed by atoms with van der Waals surface area (Å²) in [4.78, 5) is 26.9. The summed E-state index contributed by atoms with van der Waals surface area (Å²) in [6, 6.07) is 13.8. The average Bonchev–Trinajstić information content (AvgIpc) is 2.66. The van der Waals surface area contributed by atoms with Gasteiger partial charge in [0.25, 0.3) is 0 Å². The lowest BCUT2D eigenvalue weighted by Crippen LogP contribution is -2.41. The first-order chi connectivity index (χ1) is 14.0. The van der Waals surface area contributed by atoms with Crippen LogP contribution in [0.25, 0.3) is 0 Å². The van der Waals surface area contributed by atoms with Crippen molar-refractivity contribution < 1.29 is 18.0 Å². The summed E-state index contributed by atoms with van der Waals surface area (Å²) < 4.78 is 24.9. The maximum atomic E-state index is 12.8. The molecule has 2 aromatic carbocycles. The van der Waals surface area contributed by atoms with E-state index >= 15 is 0 Å². The Labute approximate surface area is 182 Å². The maximum absolute atomic E-state index is 12.8. The van der Waals surface area contributed by atoms with E-state index in [1.807, 2.05) is 26.0 Å². The number of hydrogen-bond acceptors (Lipinski definition) is 4. The number of carbonyl (C=O) groups excluding carboxylic acids is 2. The third kappa shape index (κ3) is 8.14. The minimum absolute atomic E-state index is 0.0898. The number of amides is 2. The van der Waals surface area contributed by atoms with Crippen LogP contribution in [0.3, 0.4) is 0 Å². The van der Waals surface area contributed by atoms with Gasteiger partial charge in [0.2, 0.25) is 10.0 Å². The quantitative estimate of drug-likeness (QED) is 0.603. The number of benzene rings is 2. The second kappa shape index (κ2) is 10.6. The smallest absolute Gasteiger partial charge is 0.313 e. The topological polar surface area (TPSA) is 95.6 Å². The summed E-state index contributed by atoms with van der Waals surface area (Å²) in [5.74, 6) is -1.21. The van der Waals surface area contributed by atoms with Gasteiger partial charge in [-0.25, -0.2) is 13.1 Å². The van der Waals surface area contributed by atoms with Crippen LogP contribution >= 0.6 is 11.6 Å². The molecule has 2 N–H and O–H groups in total. The SMILES string of the molecule is CC(C)CN(Cc1ccc(Cl)cc1)C(=O)C(=O)Nc1cccc(CNS(C)(=O)=O)c1. The first-order valence-electron chi connectivity index (χ1n) is 9.42. The molecule has 0 fully saturated rings. The molecule has 7 nitrogen and oxygen atoms in total. The van der Waals surface area contributed by atoms with Gasteiger partial charge in [0.1, 0.15) is 0 Å². The molecule has 2 rings (SSSR count). The van der Waals surface area contributed by atoms with Crippen molar-refractivity contribution in [3.63, 3.8) is 0 Å². The number of halogens is 1. The standard InChI is InChI=1S/C21H26ClN3O4S/c1-15(2)13-25(14-16-7-9-18(22)10-8-16)21(27)20(26)24-19-6-4-5-17(11-19)12-23-30(3,28)29/h4-11,15,23H,12-14H2,1-3H3,(H,24,26). The molecule has 9 heteroatoms. The van der Waals surface area contributed by atoms with E-state index in [1.54, 1.807) is 36.4 Å². The Morgan fingerprint density at radius 2 is 1.73 bits per heavy atom. The van der Waals surface area contributed by atoms with Gasteiger partial charge in [0.15, 0.2) is 0 Å². The Balaban J connectivity index is 2.09. The lowest BCUT2D eigenvalue weighted by molar-refractivity contribution is -0.143. The van der Waals surface area contributed by atoms with Crippen LogP contribution in [0, 0.1) is 5.92 Å². The molecule has 0 atom stereocenters. The van der Waals surface area contributed by atoms with E-state index in [1.165, 1.54) is 4.90 Å². The molecule has 0 aliphatic rings. The third-order valence-corrected chi connectivity index (χ3v) is 5.00. The van der Waals surface area contributed by atoms with Gasteiger partial charge in [-0.05, 0) is 41.3 Å². The van der Waals surface area contributed by atoms with Gasteiger partial charge >= 0.3 is 11.8 Å². The molecule has 0 saturated carbocycles. The predicted molar refractivity (Wildman–Crippen MR) is 118 cm³/mol. The Hall–Kier alpha value is -2.42. The van der Waals surface area contributed by atoms with E-state index in [0.717, 1.165) is 11.8 Å². The van der Waals surface area contributed by atoms with E-state index in [0.29, 0.717) is 29.4 Å². The van der Waals surface area contributed by atoms with Crippen molar-refractivity contribution in [1.29, 1.82) is 0 Å². The minimum atomic E-state index is -3.33. The van der Waals surface area contributed by atoms with Crippen molar-refractivity contribution in [2.45, 2.75) is 26.9 Å². The number of hydrogen-bond donors (Lipinski definition) is 2. The van der Waals surface area contributed by atoms with Crippen LogP contribution in [0.1, 0.15) is 25.0 Å². The zero-order valence-electron chi connectivity index (χ0n) is 17.2. The van der Waals surface area contributed by atoms with Crippen molar-refractivity contribution in [3.8, 4) is 0 Å². The molecule has 0 aliphatic carbocycles. The Morgan fingerprint density at radius 1 is 1.07 bits per heavy atom. The Bertz CT molecular complexity index is 992. The molecule has 0 spiro atoms. The van der Waals surface area contributed by atoms with Crippen LogP contribution in [0.2, 0.25) is 5.02 Å². The highest BCUT2D eigenvalue weighted by Crippen LogP contribution is 2.15. The lowest BCUT2D eigenvalue weighted by Gasteiger charge is -2.24. The summed E-state index contributed by atoms with van der Waals surface area (Å²) >= 11 is 5.91. The molecule has 0 unspecified atom stereocenters. The highest BCUT2D eigenvalue weighted by atomic mass is 35.5. The van der Waals surface area contributed by atoms with Crippen molar-refractivity contribution in [1.82, 2.24) is 9.62 Å². The molecule has 0 saturated heterocycles. The van der Waals surface area contributed by atoms with E-state index < -0.39 is 21.8 Å². The van der Waals surface area contributed by atoms with E-state index in [9.17, 15) is 18.0 Å². The van der Waals surface area contributed by atoms with Crippen molar-refractivity contribution in [2.24, 2.45) is 5.92 Å². The third-order valence-electron chi connectivity index (χ3n) is 4.08. The Morgan fingerprint density at radius 3 is 2.33 bits per heavy atom. The van der Waals surface area contributed by atoms with Gasteiger partial charge in [0, 0.05) is 30.3 Å². The zero-order chi connectivity index (χ0) is 22.3.